The molecule has 1 atom stereocenters. The number of carbonyl (C=O) groups is 1. The van der Waals surface area contributed by atoms with Crippen molar-refractivity contribution < 1.29 is 18.0 Å². The quantitative estimate of drug-likeness (QED) is 0.856. The van der Waals surface area contributed by atoms with E-state index < -0.39 is 11.9 Å². The number of aryl methyl sites for hydroxylation is 1. The summed E-state index contributed by atoms with van der Waals surface area (Å²) in [7, 11) is 0. The summed E-state index contributed by atoms with van der Waals surface area (Å²) < 4.78 is 40.5. The highest BCUT2D eigenvalue weighted by Crippen LogP contribution is 2.27. The number of nitrogens with zero attached hydrogens (tertiary/aromatic N) is 5. The summed E-state index contributed by atoms with van der Waals surface area (Å²) in [6.07, 6.45) is 2.08. The Morgan fingerprint density at radius 2 is 2.17 bits per heavy atom. The van der Waals surface area contributed by atoms with Crippen molar-refractivity contribution in [1.29, 1.82) is 0 Å². The Morgan fingerprint density at radius 3 is 2.79 bits per heavy atom. The fourth-order valence-electron chi connectivity index (χ4n) is 2.97. The van der Waals surface area contributed by atoms with E-state index in [0.717, 1.165) is 29.2 Å². The standard InChI is InChI=1S/C15H18F3N5O/c1-11-7-19-22(8-11)9-12-3-2-5-23(12)14(24)10-21-6-4-13(20-21)15(16,17)18/h4,6-8,12H,2-3,5,9-10H2,1H3/t12-/m0/s1. The number of amides is 1. The van der Waals surface area contributed by atoms with E-state index in [1.807, 2.05) is 13.1 Å². The Morgan fingerprint density at radius 1 is 1.38 bits per heavy atom. The Labute approximate surface area is 136 Å². The molecular formula is C15H18F3N5O. The SMILES string of the molecule is Cc1cnn(C[C@@H]2CCCN2C(=O)Cn2ccc(C(F)(F)F)n2)c1. The molecule has 0 aromatic carbocycles. The maximum Gasteiger partial charge on any atom is 0.435 e. The Bertz CT molecular complexity index is 721. The largest absolute Gasteiger partial charge is 0.435 e. The Hall–Kier alpha value is -2.32. The molecule has 130 valence electrons. The number of alkyl halides is 3. The monoisotopic (exact) mass is 341 g/mol. The van der Waals surface area contributed by atoms with Crippen molar-refractivity contribution in [3.63, 3.8) is 0 Å². The number of halogens is 3. The second-order valence-electron chi connectivity index (χ2n) is 6.02. The van der Waals surface area contributed by atoms with Crippen LogP contribution in [0.15, 0.2) is 24.7 Å². The molecule has 3 heterocycles. The number of likely N-dealkylation sites (tertiary alicyclic amines) is 1. The molecule has 1 fully saturated rings. The van der Waals surface area contributed by atoms with Gasteiger partial charge >= 0.3 is 6.18 Å². The lowest BCUT2D eigenvalue weighted by Gasteiger charge is -2.24. The van der Waals surface area contributed by atoms with Gasteiger partial charge in [-0.1, -0.05) is 0 Å². The number of hydrogen-bond acceptors (Lipinski definition) is 3. The highest BCUT2D eigenvalue weighted by molar-refractivity contribution is 5.76. The Balaban J connectivity index is 1.64. The molecule has 0 bridgehead atoms. The van der Waals surface area contributed by atoms with Crippen molar-refractivity contribution in [3.8, 4) is 0 Å². The van der Waals surface area contributed by atoms with Crippen LogP contribution in [-0.4, -0.2) is 43.0 Å². The third-order valence-electron chi connectivity index (χ3n) is 4.09. The van der Waals surface area contributed by atoms with Crippen LogP contribution in [-0.2, 0) is 24.1 Å². The first-order valence-corrected chi connectivity index (χ1v) is 7.72. The van der Waals surface area contributed by atoms with Crippen molar-refractivity contribution in [2.45, 2.75) is 45.1 Å². The molecule has 1 aliphatic heterocycles. The van der Waals surface area contributed by atoms with Crippen LogP contribution in [0.25, 0.3) is 0 Å². The highest BCUT2D eigenvalue weighted by Gasteiger charge is 2.34. The van der Waals surface area contributed by atoms with E-state index >= 15 is 0 Å². The predicted octanol–water partition coefficient (Wildman–Crippen LogP) is 2.10. The maximum atomic E-state index is 12.6. The van der Waals surface area contributed by atoms with Crippen molar-refractivity contribution in [2.24, 2.45) is 0 Å². The van der Waals surface area contributed by atoms with Crippen LogP contribution in [0.5, 0.6) is 0 Å². The summed E-state index contributed by atoms with van der Waals surface area (Å²) in [6.45, 7) is 2.95. The van der Waals surface area contributed by atoms with E-state index in [9.17, 15) is 18.0 Å². The molecule has 9 heteroatoms. The van der Waals surface area contributed by atoms with E-state index in [1.54, 1.807) is 15.8 Å². The molecule has 3 rings (SSSR count). The van der Waals surface area contributed by atoms with Gasteiger partial charge in [-0.15, -0.1) is 0 Å². The molecule has 6 nitrogen and oxygen atoms in total. The van der Waals surface area contributed by atoms with Gasteiger partial charge in [0, 0.05) is 18.9 Å². The summed E-state index contributed by atoms with van der Waals surface area (Å²) >= 11 is 0. The van der Waals surface area contributed by atoms with Crippen molar-refractivity contribution >= 4 is 5.91 Å². The zero-order valence-electron chi connectivity index (χ0n) is 13.2. The van der Waals surface area contributed by atoms with Crippen LogP contribution in [0.4, 0.5) is 13.2 Å². The van der Waals surface area contributed by atoms with Crippen LogP contribution in [0.1, 0.15) is 24.1 Å². The van der Waals surface area contributed by atoms with Crippen LogP contribution >= 0.6 is 0 Å². The smallest absolute Gasteiger partial charge is 0.336 e. The number of rotatable bonds is 4. The first-order chi connectivity index (χ1) is 11.3. The average molecular weight is 341 g/mol. The van der Waals surface area contributed by atoms with Crippen LogP contribution in [0.3, 0.4) is 0 Å². The summed E-state index contributed by atoms with van der Waals surface area (Å²) in [5, 5.41) is 7.66. The number of carbonyl (C=O) groups excluding carboxylic acids is 1. The molecule has 24 heavy (non-hydrogen) atoms. The molecule has 0 aliphatic carbocycles. The molecular weight excluding hydrogens is 323 g/mol. The summed E-state index contributed by atoms with van der Waals surface area (Å²) in [5.74, 6) is -0.224. The minimum atomic E-state index is -4.50. The normalized spacial score (nSPS) is 18.3. The zero-order valence-corrected chi connectivity index (χ0v) is 13.2. The van der Waals surface area contributed by atoms with E-state index in [2.05, 4.69) is 10.2 Å². The molecule has 0 unspecified atom stereocenters. The first-order valence-electron chi connectivity index (χ1n) is 7.72. The maximum absolute atomic E-state index is 12.6. The van der Waals surface area contributed by atoms with Crippen LogP contribution < -0.4 is 0 Å². The van der Waals surface area contributed by atoms with E-state index in [0.29, 0.717) is 13.1 Å². The lowest BCUT2D eigenvalue weighted by molar-refractivity contribution is -0.142. The van der Waals surface area contributed by atoms with Crippen molar-refractivity contribution in [2.75, 3.05) is 6.54 Å². The predicted molar refractivity (Wildman–Crippen MR) is 78.9 cm³/mol. The average Bonchev–Trinajstić information content (AvgIpc) is 3.19. The van der Waals surface area contributed by atoms with Crippen LogP contribution in [0.2, 0.25) is 0 Å². The highest BCUT2D eigenvalue weighted by atomic mass is 19.4. The molecule has 0 saturated carbocycles. The van der Waals surface area contributed by atoms with Gasteiger partial charge in [0.25, 0.3) is 0 Å². The van der Waals surface area contributed by atoms with Gasteiger partial charge in [-0.25, -0.2) is 0 Å². The second-order valence-corrected chi connectivity index (χ2v) is 6.02. The van der Waals surface area contributed by atoms with Crippen molar-refractivity contribution in [3.05, 3.63) is 35.9 Å². The van der Waals surface area contributed by atoms with Gasteiger partial charge in [0.2, 0.25) is 5.91 Å². The molecule has 0 N–H and O–H groups in total. The minimum Gasteiger partial charge on any atom is -0.336 e. The summed E-state index contributed by atoms with van der Waals surface area (Å²) in [4.78, 5) is 14.1. The van der Waals surface area contributed by atoms with Crippen molar-refractivity contribution in [1.82, 2.24) is 24.5 Å². The van der Waals surface area contributed by atoms with E-state index in [1.165, 1.54) is 6.20 Å². The van der Waals surface area contributed by atoms with Gasteiger partial charge in [0.1, 0.15) is 6.54 Å². The van der Waals surface area contributed by atoms with E-state index in [-0.39, 0.29) is 18.5 Å². The molecule has 2 aromatic rings. The number of aromatic nitrogens is 4. The van der Waals surface area contributed by atoms with E-state index in [4.69, 9.17) is 0 Å². The summed E-state index contributed by atoms with van der Waals surface area (Å²) in [6, 6.07) is 0.885. The molecule has 0 radical (unpaired) electrons. The fraction of sp³-hybridized carbons (Fsp3) is 0.533. The fourth-order valence-corrected chi connectivity index (χ4v) is 2.97. The topological polar surface area (TPSA) is 56.0 Å². The molecule has 1 saturated heterocycles. The summed E-state index contributed by atoms with van der Waals surface area (Å²) in [5.41, 5.74) is 0.0578. The third kappa shape index (κ3) is 3.60. The molecule has 1 amide bonds. The lowest BCUT2D eigenvalue weighted by Crippen LogP contribution is -2.40. The number of hydrogen-bond donors (Lipinski definition) is 0. The van der Waals surface area contributed by atoms with Gasteiger partial charge < -0.3 is 4.90 Å². The zero-order chi connectivity index (χ0) is 17.3. The lowest BCUT2D eigenvalue weighted by atomic mass is 10.2. The van der Waals surface area contributed by atoms with Gasteiger partial charge in [0.15, 0.2) is 5.69 Å². The van der Waals surface area contributed by atoms with Gasteiger partial charge in [-0.2, -0.15) is 23.4 Å². The van der Waals surface area contributed by atoms with Gasteiger partial charge in [-0.3, -0.25) is 14.2 Å². The molecule has 0 spiro atoms. The van der Waals surface area contributed by atoms with Crippen LogP contribution in [0, 0.1) is 6.92 Å². The van der Waals surface area contributed by atoms with Gasteiger partial charge in [0.05, 0.1) is 18.8 Å². The third-order valence-corrected chi connectivity index (χ3v) is 4.09. The molecule has 2 aromatic heterocycles. The Kier molecular flexibility index (Phi) is 4.33. The minimum absolute atomic E-state index is 0.00875. The first kappa shape index (κ1) is 16.5. The van der Waals surface area contributed by atoms with Gasteiger partial charge in [-0.05, 0) is 31.4 Å². The second kappa shape index (κ2) is 6.29. The molecule has 1 aliphatic rings.